The number of benzene rings is 5. The number of piperazine rings is 3. The van der Waals surface area contributed by atoms with Crippen LogP contribution in [0, 0.1) is 0 Å². The Morgan fingerprint density at radius 1 is 0.453 bits per heavy atom. The minimum absolute atomic E-state index is 0.0333. The van der Waals surface area contributed by atoms with E-state index in [0.717, 1.165) is 157 Å². The first-order chi connectivity index (χ1) is 51.9. The van der Waals surface area contributed by atoms with E-state index in [1.165, 1.54) is 33.4 Å². The van der Waals surface area contributed by atoms with E-state index in [1.54, 1.807) is 18.6 Å². The quantitative estimate of drug-likeness (QED) is 0.0472. The van der Waals surface area contributed by atoms with Crippen LogP contribution in [0.1, 0.15) is 92.8 Å². The third-order valence-corrected chi connectivity index (χ3v) is 21.8. The molecule has 10 aromatic rings. The molecule has 4 N–H and O–H groups in total. The molecular formula is C82H93Br2Cl2N17O3. The van der Waals surface area contributed by atoms with Gasteiger partial charge >= 0.3 is 0 Å². The zero-order chi connectivity index (χ0) is 73.0. The number of carbonyl (C=O) groups excluding carboxylic acids is 3. The van der Waals surface area contributed by atoms with Crippen LogP contribution in [0.3, 0.4) is 0 Å². The van der Waals surface area contributed by atoms with Gasteiger partial charge in [-0.3, -0.25) is 34.2 Å². The van der Waals surface area contributed by atoms with Gasteiger partial charge in [0, 0.05) is 186 Å². The summed E-state index contributed by atoms with van der Waals surface area (Å²) in [6.07, 6.45) is 26.7. The summed E-state index contributed by atoms with van der Waals surface area (Å²) in [5, 5.41) is 15.2. The first kappa shape index (κ1) is 76.0. The summed E-state index contributed by atoms with van der Waals surface area (Å²) in [6, 6.07) is 46.7. The zero-order valence-electron chi connectivity index (χ0n) is 59.7. The highest BCUT2D eigenvalue weighted by molar-refractivity contribution is 9.10. The van der Waals surface area contributed by atoms with Crippen LogP contribution in [0.15, 0.2) is 217 Å². The molecule has 0 unspecified atom stereocenters. The molecule has 5 aromatic heterocycles. The summed E-state index contributed by atoms with van der Waals surface area (Å²) in [5.74, 6) is 0.452. The molecule has 3 amide bonds. The van der Waals surface area contributed by atoms with Crippen LogP contribution in [0.4, 0.5) is 0 Å². The molecule has 5 aliphatic rings. The topological polar surface area (TPSA) is 195 Å². The Bertz CT molecular complexity index is 4090. The second-order valence-electron chi connectivity index (χ2n) is 27.8. The van der Waals surface area contributed by atoms with Crippen molar-refractivity contribution in [2.75, 3.05) is 78.5 Å². The van der Waals surface area contributed by atoms with Crippen LogP contribution in [-0.4, -0.2) is 178 Å². The Morgan fingerprint density at radius 3 is 1.20 bits per heavy atom. The Balaban J connectivity index is 0.000000146. The van der Waals surface area contributed by atoms with Crippen LogP contribution in [0.2, 0.25) is 10.0 Å². The van der Waals surface area contributed by atoms with Crippen molar-refractivity contribution in [1.82, 2.24) is 84.4 Å². The summed E-state index contributed by atoms with van der Waals surface area (Å²) in [4.78, 5) is 74.3. The van der Waals surface area contributed by atoms with E-state index < -0.39 is 0 Å². The van der Waals surface area contributed by atoms with Crippen LogP contribution >= 0.6 is 55.1 Å². The van der Waals surface area contributed by atoms with Gasteiger partial charge in [0.25, 0.3) is 0 Å². The average molecular weight is 1600 g/mol. The smallest absolute Gasteiger partial charge is 0.241 e. The van der Waals surface area contributed by atoms with E-state index in [2.05, 4.69) is 160 Å². The molecule has 0 spiro atoms. The Hall–Kier alpha value is -8.26. The molecule has 15 rings (SSSR count). The van der Waals surface area contributed by atoms with Crippen molar-refractivity contribution in [1.29, 1.82) is 0 Å². The number of nitrogens with one attached hydrogen (secondary N) is 4. The molecule has 3 fully saturated rings. The summed E-state index contributed by atoms with van der Waals surface area (Å²) < 4.78 is 8.14. The number of nitrogens with zero attached hydrogens (tertiary/aromatic N) is 13. The maximum absolute atomic E-state index is 14.2. The molecule has 0 radical (unpaired) electrons. The van der Waals surface area contributed by atoms with Gasteiger partial charge in [-0.15, -0.1) is 0 Å². The highest BCUT2D eigenvalue weighted by Gasteiger charge is 2.39. The largest absolute Gasteiger partial charge is 0.337 e. The van der Waals surface area contributed by atoms with Crippen molar-refractivity contribution in [3.63, 3.8) is 0 Å². The zero-order valence-corrected chi connectivity index (χ0v) is 64.4. The number of hydrogen-bond acceptors (Lipinski definition) is 14. The monoisotopic (exact) mass is 1590 g/mol. The highest BCUT2D eigenvalue weighted by Crippen LogP contribution is 2.40. The predicted octanol–water partition coefficient (Wildman–Crippen LogP) is 11.4. The highest BCUT2D eigenvalue weighted by atomic mass is 79.9. The average Bonchev–Trinajstić information content (AvgIpc) is 1.53. The Morgan fingerprint density at radius 2 is 0.830 bits per heavy atom. The second-order valence-corrected chi connectivity index (χ2v) is 30.5. The Labute approximate surface area is 648 Å². The van der Waals surface area contributed by atoms with Crippen LogP contribution in [0.25, 0.3) is 0 Å². The molecule has 2 aliphatic carbocycles. The van der Waals surface area contributed by atoms with Gasteiger partial charge in [-0.1, -0.05) is 126 Å². The van der Waals surface area contributed by atoms with Crippen molar-refractivity contribution in [3.8, 4) is 0 Å². The molecule has 20 nitrogen and oxygen atoms in total. The number of imidazole rings is 3. The van der Waals surface area contributed by atoms with Crippen molar-refractivity contribution in [2.24, 2.45) is 0 Å². The van der Waals surface area contributed by atoms with Gasteiger partial charge in [-0.05, 0) is 163 Å². The fourth-order valence-electron chi connectivity index (χ4n) is 15.2. The first-order valence-corrected chi connectivity index (χ1v) is 39.4. The number of aromatic nitrogens is 8. The minimum atomic E-state index is -0.307. The molecule has 3 aliphatic heterocycles. The van der Waals surface area contributed by atoms with Gasteiger partial charge in [-0.2, -0.15) is 0 Å². The Kier molecular flexibility index (Phi) is 27.2. The lowest BCUT2D eigenvalue weighted by atomic mass is 9.95. The molecule has 3 saturated heterocycles. The first-order valence-electron chi connectivity index (χ1n) is 37.0. The number of fused-ring (bicyclic) bond motifs is 4. The van der Waals surface area contributed by atoms with Crippen LogP contribution in [-0.2, 0) is 79.3 Å². The van der Waals surface area contributed by atoms with E-state index in [4.69, 9.17) is 33.2 Å². The van der Waals surface area contributed by atoms with Crippen molar-refractivity contribution >= 4 is 72.8 Å². The van der Waals surface area contributed by atoms with Crippen molar-refractivity contribution < 1.29 is 14.4 Å². The third kappa shape index (κ3) is 20.5. The van der Waals surface area contributed by atoms with E-state index in [0.29, 0.717) is 52.4 Å². The number of carbonyl (C=O) groups is 3. The molecule has 0 bridgehead atoms. The summed E-state index contributed by atoms with van der Waals surface area (Å²) in [7, 11) is 0. The number of pyridine rings is 2. The molecule has 8 heterocycles. The molecule has 106 heavy (non-hydrogen) atoms. The van der Waals surface area contributed by atoms with Gasteiger partial charge in [0.15, 0.2) is 0 Å². The van der Waals surface area contributed by atoms with Crippen molar-refractivity contribution in [2.45, 2.75) is 114 Å². The van der Waals surface area contributed by atoms with E-state index in [-0.39, 0.29) is 47.9 Å². The molecular weight excluding hydrogens is 1500 g/mol. The summed E-state index contributed by atoms with van der Waals surface area (Å²) in [6.45, 7) is 13.2. The minimum Gasteiger partial charge on any atom is -0.337 e. The lowest BCUT2D eigenvalue weighted by Gasteiger charge is -2.40. The molecule has 0 saturated carbocycles. The lowest BCUT2D eigenvalue weighted by molar-refractivity contribution is -0.136. The summed E-state index contributed by atoms with van der Waals surface area (Å²) >= 11 is 20.1. The van der Waals surface area contributed by atoms with Gasteiger partial charge < -0.3 is 49.7 Å². The number of halogens is 4. The predicted molar refractivity (Wildman–Crippen MR) is 423 cm³/mol. The lowest BCUT2D eigenvalue weighted by Crippen LogP contribution is -2.58. The van der Waals surface area contributed by atoms with E-state index in [9.17, 15) is 14.4 Å². The van der Waals surface area contributed by atoms with Gasteiger partial charge in [0.05, 0.1) is 60.6 Å². The van der Waals surface area contributed by atoms with E-state index in [1.807, 2.05) is 136 Å². The normalized spacial score (nSPS) is 18.5. The van der Waals surface area contributed by atoms with Gasteiger partial charge in [0.2, 0.25) is 17.7 Å². The SMILES string of the molecule is O=C([C@H]1CN([C@@H]2c3ccc(Cl)cc3CCc3cc(Br)cnc32)CCN1)N(CCCn1ccnc1)Cc1ccccc1.O=C([C@H]1CN([C@H]2c3ccc(Cl)cc3CCc3cc(Br)cnc32)CCN1)N(CCCn1ccnc1)Cc1ccccc1.O=C([C@H]1CNCCN1)N(CCCn1ccnc1)Cc1ccccc1. The van der Waals surface area contributed by atoms with E-state index >= 15 is 0 Å². The number of amides is 3. The van der Waals surface area contributed by atoms with Crippen molar-refractivity contribution in [3.05, 3.63) is 289 Å². The number of aryl methyl sites for hydroxylation is 7. The van der Waals surface area contributed by atoms with Crippen LogP contribution in [0.5, 0.6) is 0 Å². The molecule has 5 aromatic carbocycles. The molecule has 24 heteroatoms. The second kappa shape index (κ2) is 38.0. The third-order valence-electron chi connectivity index (χ3n) is 20.5. The molecule has 552 valence electrons. The number of rotatable bonds is 23. The summed E-state index contributed by atoms with van der Waals surface area (Å²) in [5.41, 5.74) is 13.0. The number of hydrogen-bond donors (Lipinski definition) is 4. The van der Waals surface area contributed by atoms with Crippen LogP contribution < -0.4 is 21.3 Å². The van der Waals surface area contributed by atoms with Gasteiger partial charge in [-0.25, -0.2) is 15.0 Å². The fourth-order valence-corrected chi connectivity index (χ4v) is 16.3. The fraction of sp³-hybridized carbons (Fsp3) is 0.366. The maximum atomic E-state index is 14.2. The maximum Gasteiger partial charge on any atom is 0.241 e. The van der Waals surface area contributed by atoms with Gasteiger partial charge in [0.1, 0.15) is 0 Å². The standard InChI is InChI=1S/2C32H34BrClN6O.C18H25N5O/c2*33-26-17-25-8-7-24-18-27(34)9-10-28(24)31(30(25)37-19-26)39-16-12-36-29(21-39)32(41)40(20-23-5-2-1-3-6-23)14-4-13-38-15-11-35-22-38;24-18(17-13-19-7-8-21-17)23(14-16-5-2-1-3-6-16)11-4-10-22-12-9-20-15-22/h2*1-3,5-6,9-11,15,17-19,22,29,31,36H,4,7-8,12-14,16,20-21H2;1-3,5-6,9,12,15,17,19,21H,4,7-8,10-11,13-14H2/t29-,31+;29-,31-;17-/m111/s1. The molecule has 5 atom stereocenters.